The number of hydrogen-bond acceptors (Lipinski definition) is 4. The monoisotopic (exact) mass is 437 g/mol. The molecule has 0 aliphatic carbocycles. The van der Waals surface area contributed by atoms with Gasteiger partial charge in [0.15, 0.2) is 0 Å². The number of amides is 1. The number of nitrogens with one attached hydrogen (secondary N) is 1. The van der Waals surface area contributed by atoms with Gasteiger partial charge in [0.1, 0.15) is 5.82 Å². The maximum atomic E-state index is 13.5. The third-order valence-electron chi connectivity index (χ3n) is 5.37. The van der Waals surface area contributed by atoms with Crippen molar-refractivity contribution >= 4 is 34.1 Å². The molecule has 0 spiro atoms. The van der Waals surface area contributed by atoms with Gasteiger partial charge in [-0.2, -0.15) is 0 Å². The van der Waals surface area contributed by atoms with Crippen LogP contribution in [0.4, 0.5) is 4.39 Å². The van der Waals surface area contributed by atoms with Crippen molar-refractivity contribution in [3.63, 3.8) is 0 Å². The second kappa shape index (κ2) is 9.00. The second-order valence-corrected chi connectivity index (χ2v) is 7.62. The Morgan fingerprint density at radius 1 is 0.939 bits per heavy atom. The van der Waals surface area contributed by atoms with Crippen LogP contribution in [0.3, 0.4) is 0 Å². The number of para-hydroxylation sites is 4. The molecule has 0 saturated carbocycles. The standard InChI is InChI=1S/C26H20FN5O/c27-19-11-9-18(10-12-19)24(16-32-17-29-23-7-3-4-8-25(23)32)31-26(33)14-13-20-15-28-21-5-1-2-6-22(21)30-20/h1-15,17,24H,16H2,(H,31,33). The van der Waals surface area contributed by atoms with Crippen molar-refractivity contribution in [2.75, 3.05) is 0 Å². The molecule has 5 aromatic rings. The Kier molecular flexibility index (Phi) is 5.59. The summed E-state index contributed by atoms with van der Waals surface area (Å²) in [5, 5.41) is 3.02. The average molecular weight is 437 g/mol. The molecule has 162 valence electrons. The van der Waals surface area contributed by atoms with Crippen LogP contribution in [0.25, 0.3) is 28.1 Å². The summed E-state index contributed by atoms with van der Waals surface area (Å²) >= 11 is 0. The number of aromatic nitrogens is 4. The van der Waals surface area contributed by atoms with Crippen LogP contribution in [-0.2, 0) is 11.3 Å². The Morgan fingerprint density at radius 2 is 1.67 bits per heavy atom. The summed E-state index contributed by atoms with van der Waals surface area (Å²) in [6.07, 6.45) is 6.43. The van der Waals surface area contributed by atoms with Crippen LogP contribution in [-0.4, -0.2) is 25.4 Å². The highest BCUT2D eigenvalue weighted by atomic mass is 19.1. The predicted molar refractivity (Wildman–Crippen MR) is 126 cm³/mol. The number of benzene rings is 3. The number of rotatable bonds is 6. The first kappa shape index (κ1) is 20.5. The highest BCUT2D eigenvalue weighted by molar-refractivity contribution is 5.92. The lowest BCUT2D eigenvalue weighted by Gasteiger charge is -2.19. The molecule has 6 nitrogen and oxygen atoms in total. The topological polar surface area (TPSA) is 72.7 Å². The van der Waals surface area contributed by atoms with Crippen LogP contribution < -0.4 is 5.32 Å². The van der Waals surface area contributed by atoms with Crippen LogP contribution in [0.5, 0.6) is 0 Å². The number of nitrogens with zero attached hydrogens (tertiary/aromatic N) is 4. The zero-order chi connectivity index (χ0) is 22.6. The first-order chi connectivity index (χ1) is 16.2. The summed E-state index contributed by atoms with van der Waals surface area (Å²) in [6, 6.07) is 21.1. The van der Waals surface area contributed by atoms with Gasteiger partial charge in [-0.15, -0.1) is 0 Å². The van der Waals surface area contributed by atoms with E-state index in [0.717, 1.165) is 27.6 Å². The number of fused-ring (bicyclic) bond motifs is 2. The van der Waals surface area contributed by atoms with E-state index in [0.29, 0.717) is 12.2 Å². The predicted octanol–water partition coefficient (Wildman–Crippen LogP) is 4.69. The molecule has 0 fully saturated rings. The van der Waals surface area contributed by atoms with E-state index in [2.05, 4.69) is 20.3 Å². The number of carbonyl (C=O) groups is 1. The summed E-state index contributed by atoms with van der Waals surface area (Å²) in [7, 11) is 0. The molecule has 2 aromatic heterocycles. The van der Waals surface area contributed by atoms with Gasteiger partial charge in [0.25, 0.3) is 0 Å². The number of hydrogen-bond donors (Lipinski definition) is 1. The number of halogens is 1. The van der Waals surface area contributed by atoms with Crippen LogP contribution in [0, 0.1) is 5.82 Å². The van der Waals surface area contributed by atoms with E-state index in [1.54, 1.807) is 30.7 Å². The minimum absolute atomic E-state index is 0.288. The van der Waals surface area contributed by atoms with Gasteiger partial charge < -0.3 is 9.88 Å². The summed E-state index contributed by atoms with van der Waals surface area (Å²) < 4.78 is 15.5. The zero-order valence-electron chi connectivity index (χ0n) is 17.6. The van der Waals surface area contributed by atoms with Crippen molar-refractivity contribution in [1.82, 2.24) is 24.8 Å². The summed E-state index contributed by atoms with van der Waals surface area (Å²) in [5.74, 6) is -0.615. The van der Waals surface area contributed by atoms with E-state index in [-0.39, 0.29) is 17.8 Å². The molecule has 7 heteroatoms. The molecular formula is C26H20FN5O. The van der Waals surface area contributed by atoms with Gasteiger partial charge in [-0.05, 0) is 48.0 Å². The number of imidazole rings is 1. The Bertz CT molecular complexity index is 1460. The van der Waals surface area contributed by atoms with Gasteiger partial charge in [0.2, 0.25) is 5.91 Å². The van der Waals surface area contributed by atoms with E-state index >= 15 is 0 Å². The minimum atomic E-state index is -0.386. The van der Waals surface area contributed by atoms with Gasteiger partial charge in [-0.25, -0.2) is 14.4 Å². The maximum Gasteiger partial charge on any atom is 0.244 e. The lowest BCUT2D eigenvalue weighted by atomic mass is 10.1. The Labute approximate surface area is 189 Å². The minimum Gasteiger partial charge on any atom is -0.344 e. The fraction of sp³-hybridized carbons (Fsp3) is 0.0769. The summed E-state index contributed by atoms with van der Waals surface area (Å²) in [4.78, 5) is 26.1. The normalized spacial score (nSPS) is 12.4. The molecule has 0 saturated heterocycles. The van der Waals surface area contributed by atoms with Crippen molar-refractivity contribution in [2.24, 2.45) is 0 Å². The van der Waals surface area contributed by atoms with Gasteiger partial charge in [-0.1, -0.05) is 36.4 Å². The molecule has 5 rings (SSSR count). The second-order valence-electron chi connectivity index (χ2n) is 7.62. The van der Waals surface area contributed by atoms with E-state index in [1.807, 2.05) is 53.1 Å². The van der Waals surface area contributed by atoms with E-state index in [4.69, 9.17) is 0 Å². The van der Waals surface area contributed by atoms with Gasteiger partial charge in [-0.3, -0.25) is 9.78 Å². The third-order valence-corrected chi connectivity index (χ3v) is 5.37. The van der Waals surface area contributed by atoms with Crippen LogP contribution in [0.1, 0.15) is 17.3 Å². The molecule has 33 heavy (non-hydrogen) atoms. The highest BCUT2D eigenvalue weighted by Crippen LogP contribution is 2.20. The molecule has 1 N–H and O–H groups in total. The molecule has 1 amide bonds. The van der Waals surface area contributed by atoms with Crippen molar-refractivity contribution < 1.29 is 9.18 Å². The Morgan fingerprint density at radius 3 is 2.48 bits per heavy atom. The summed E-state index contributed by atoms with van der Waals surface area (Å²) in [6.45, 7) is 0.446. The quantitative estimate of drug-likeness (QED) is 0.391. The molecule has 0 bridgehead atoms. The molecule has 3 aromatic carbocycles. The van der Waals surface area contributed by atoms with Crippen LogP contribution in [0.15, 0.2) is 91.4 Å². The number of carbonyl (C=O) groups excluding carboxylic acids is 1. The average Bonchev–Trinajstić information content (AvgIpc) is 3.25. The Hall–Kier alpha value is -4.39. The smallest absolute Gasteiger partial charge is 0.244 e. The van der Waals surface area contributed by atoms with E-state index in [1.165, 1.54) is 18.2 Å². The molecule has 1 atom stereocenters. The van der Waals surface area contributed by atoms with Crippen LogP contribution >= 0.6 is 0 Å². The van der Waals surface area contributed by atoms with Gasteiger partial charge in [0, 0.05) is 12.6 Å². The lowest BCUT2D eigenvalue weighted by molar-refractivity contribution is -0.117. The molecule has 2 heterocycles. The molecular weight excluding hydrogens is 417 g/mol. The first-order valence-corrected chi connectivity index (χ1v) is 10.5. The fourth-order valence-electron chi connectivity index (χ4n) is 3.71. The molecule has 0 aliphatic rings. The van der Waals surface area contributed by atoms with Crippen molar-refractivity contribution in [3.05, 3.63) is 108 Å². The summed E-state index contributed by atoms with van der Waals surface area (Å²) in [5.41, 5.74) is 4.76. The van der Waals surface area contributed by atoms with Gasteiger partial charge >= 0.3 is 0 Å². The molecule has 1 unspecified atom stereocenters. The van der Waals surface area contributed by atoms with E-state index in [9.17, 15) is 9.18 Å². The lowest BCUT2D eigenvalue weighted by Crippen LogP contribution is -2.30. The SMILES string of the molecule is O=C(C=Cc1cnc2ccccc2n1)NC(Cn1cnc2ccccc21)c1ccc(F)cc1. The molecule has 0 aliphatic heterocycles. The van der Waals surface area contributed by atoms with Crippen molar-refractivity contribution in [3.8, 4) is 0 Å². The molecule has 0 radical (unpaired) electrons. The van der Waals surface area contributed by atoms with E-state index < -0.39 is 0 Å². The first-order valence-electron chi connectivity index (χ1n) is 10.5. The fourth-order valence-corrected chi connectivity index (χ4v) is 3.71. The maximum absolute atomic E-state index is 13.5. The largest absolute Gasteiger partial charge is 0.344 e. The zero-order valence-corrected chi connectivity index (χ0v) is 17.6. The van der Waals surface area contributed by atoms with Crippen LogP contribution in [0.2, 0.25) is 0 Å². The van der Waals surface area contributed by atoms with Gasteiger partial charge in [0.05, 0.1) is 46.3 Å². The third kappa shape index (κ3) is 4.62. The Balaban J connectivity index is 1.38. The van der Waals surface area contributed by atoms with Crippen molar-refractivity contribution in [1.29, 1.82) is 0 Å². The van der Waals surface area contributed by atoms with Crippen molar-refractivity contribution in [2.45, 2.75) is 12.6 Å². The highest BCUT2D eigenvalue weighted by Gasteiger charge is 2.16.